The van der Waals surface area contributed by atoms with Crippen molar-refractivity contribution in [3.63, 3.8) is 0 Å². The Kier molecular flexibility index (Phi) is 4.45. The Balaban J connectivity index is 2.56. The zero-order valence-electron chi connectivity index (χ0n) is 7.51. The van der Waals surface area contributed by atoms with Crippen LogP contribution in [-0.2, 0) is 0 Å². The topological polar surface area (TPSA) is 38.0 Å². The molecule has 0 saturated heterocycles. The van der Waals surface area contributed by atoms with Gasteiger partial charge in [0.1, 0.15) is 0 Å². The fourth-order valence-electron chi connectivity index (χ4n) is 0.982. The Hall–Kier alpha value is -0.350. The molecule has 1 aromatic carbocycles. The minimum Gasteiger partial charge on any atom is -0.397 e. The number of nitrogens with one attached hydrogen (secondary N) is 1. The number of nitrogen functional groups attached to an aromatic ring is 1. The van der Waals surface area contributed by atoms with E-state index in [-0.39, 0.29) is 0 Å². The van der Waals surface area contributed by atoms with Gasteiger partial charge in [0.05, 0.1) is 11.4 Å². The number of rotatable bonds is 4. The van der Waals surface area contributed by atoms with Crippen molar-refractivity contribution in [2.75, 3.05) is 29.6 Å². The van der Waals surface area contributed by atoms with Crippen molar-refractivity contribution in [1.82, 2.24) is 0 Å². The van der Waals surface area contributed by atoms with Crippen molar-refractivity contribution >= 4 is 39.1 Å². The molecule has 0 aliphatic carbocycles. The Bertz CT molecular complexity index is 278. The van der Waals surface area contributed by atoms with Crippen LogP contribution in [0.25, 0.3) is 0 Å². The van der Waals surface area contributed by atoms with Crippen LogP contribution in [0.3, 0.4) is 0 Å². The summed E-state index contributed by atoms with van der Waals surface area (Å²) in [4.78, 5) is 0. The van der Waals surface area contributed by atoms with Crippen molar-refractivity contribution in [3.05, 3.63) is 22.7 Å². The Labute approximate surface area is 91.4 Å². The quantitative estimate of drug-likeness (QED) is 0.646. The van der Waals surface area contributed by atoms with E-state index in [2.05, 4.69) is 27.5 Å². The third-order valence-electron chi connectivity index (χ3n) is 1.64. The van der Waals surface area contributed by atoms with E-state index in [1.165, 1.54) is 0 Å². The van der Waals surface area contributed by atoms with Gasteiger partial charge in [-0.05, 0) is 24.5 Å². The SMILES string of the molecule is CSCCNc1ccc(Br)cc1N. The summed E-state index contributed by atoms with van der Waals surface area (Å²) in [5, 5.41) is 3.27. The molecule has 4 heteroatoms. The van der Waals surface area contributed by atoms with Crippen LogP contribution in [-0.4, -0.2) is 18.6 Å². The van der Waals surface area contributed by atoms with Crippen molar-refractivity contribution in [1.29, 1.82) is 0 Å². The van der Waals surface area contributed by atoms with Gasteiger partial charge < -0.3 is 11.1 Å². The summed E-state index contributed by atoms with van der Waals surface area (Å²) < 4.78 is 1.01. The van der Waals surface area contributed by atoms with Crippen LogP contribution < -0.4 is 11.1 Å². The van der Waals surface area contributed by atoms with Crippen LogP contribution >= 0.6 is 27.7 Å². The summed E-state index contributed by atoms with van der Waals surface area (Å²) in [6, 6.07) is 5.87. The minimum atomic E-state index is 0.787. The second kappa shape index (κ2) is 5.40. The largest absolute Gasteiger partial charge is 0.397 e. The second-order valence-electron chi connectivity index (χ2n) is 2.65. The minimum absolute atomic E-state index is 0.787. The zero-order valence-corrected chi connectivity index (χ0v) is 9.91. The molecule has 0 saturated carbocycles. The molecule has 0 radical (unpaired) electrons. The number of hydrogen-bond acceptors (Lipinski definition) is 3. The zero-order chi connectivity index (χ0) is 9.68. The van der Waals surface area contributed by atoms with Crippen molar-refractivity contribution in [2.24, 2.45) is 0 Å². The van der Waals surface area contributed by atoms with E-state index in [9.17, 15) is 0 Å². The fourth-order valence-corrected chi connectivity index (χ4v) is 1.67. The van der Waals surface area contributed by atoms with E-state index in [1.54, 1.807) is 0 Å². The van der Waals surface area contributed by atoms with Gasteiger partial charge >= 0.3 is 0 Å². The van der Waals surface area contributed by atoms with Crippen molar-refractivity contribution in [3.8, 4) is 0 Å². The molecule has 0 unspecified atom stereocenters. The molecule has 0 bridgehead atoms. The van der Waals surface area contributed by atoms with Crippen LogP contribution in [0.4, 0.5) is 11.4 Å². The van der Waals surface area contributed by atoms with Crippen molar-refractivity contribution in [2.45, 2.75) is 0 Å². The average Bonchev–Trinajstić information content (AvgIpc) is 2.09. The molecule has 0 spiro atoms. The molecule has 0 fully saturated rings. The first kappa shape index (κ1) is 10.7. The summed E-state index contributed by atoms with van der Waals surface area (Å²) in [5.74, 6) is 1.09. The number of halogens is 1. The lowest BCUT2D eigenvalue weighted by molar-refractivity contribution is 1.23. The van der Waals surface area contributed by atoms with Crippen LogP contribution in [0.5, 0.6) is 0 Å². The lowest BCUT2D eigenvalue weighted by Gasteiger charge is -2.08. The molecular formula is C9H13BrN2S. The van der Waals surface area contributed by atoms with Gasteiger partial charge in [-0.1, -0.05) is 15.9 Å². The molecule has 1 aromatic rings. The van der Waals surface area contributed by atoms with E-state index in [4.69, 9.17) is 5.73 Å². The van der Waals surface area contributed by atoms with Gasteiger partial charge in [0, 0.05) is 16.8 Å². The number of anilines is 2. The number of hydrogen-bond donors (Lipinski definition) is 2. The van der Waals surface area contributed by atoms with E-state index < -0.39 is 0 Å². The molecule has 13 heavy (non-hydrogen) atoms. The molecule has 2 nitrogen and oxygen atoms in total. The number of thioether (sulfide) groups is 1. The van der Waals surface area contributed by atoms with Gasteiger partial charge in [-0.25, -0.2) is 0 Å². The standard InChI is InChI=1S/C9H13BrN2S/c1-13-5-4-12-9-3-2-7(10)6-8(9)11/h2-3,6,12H,4-5,11H2,1H3. The summed E-state index contributed by atoms with van der Waals surface area (Å²) in [6.45, 7) is 0.951. The highest BCUT2D eigenvalue weighted by molar-refractivity contribution is 9.10. The van der Waals surface area contributed by atoms with Gasteiger partial charge in [0.2, 0.25) is 0 Å². The van der Waals surface area contributed by atoms with Crippen molar-refractivity contribution < 1.29 is 0 Å². The molecule has 3 N–H and O–H groups in total. The summed E-state index contributed by atoms with van der Waals surface area (Å²) in [6.07, 6.45) is 2.09. The highest BCUT2D eigenvalue weighted by Crippen LogP contribution is 2.22. The lowest BCUT2D eigenvalue weighted by atomic mass is 10.3. The highest BCUT2D eigenvalue weighted by atomic mass is 79.9. The van der Waals surface area contributed by atoms with E-state index >= 15 is 0 Å². The first-order valence-electron chi connectivity index (χ1n) is 4.02. The Morgan fingerprint density at radius 3 is 2.92 bits per heavy atom. The van der Waals surface area contributed by atoms with E-state index in [0.29, 0.717) is 0 Å². The maximum Gasteiger partial charge on any atom is 0.0574 e. The number of nitrogens with two attached hydrogens (primary N) is 1. The fraction of sp³-hybridized carbons (Fsp3) is 0.333. The Morgan fingerprint density at radius 1 is 1.54 bits per heavy atom. The van der Waals surface area contributed by atoms with Crippen LogP contribution in [0.2, 0.25) is 0 Å². The molecular weight excluding hydrogens is 248 g/mol. The monoisotopic (exact) mass is 260 g/mol. The number of benzene rings is 1. The maximum absolute atomic E-state index is 5.80. The normalized spacial score (nSPS) is 10.0. The molecule has 0 aliphatic heterocycles. The molecule has 0 atom stereocenters. The lowest BCUT2D eigenvalue weighted by Crippen LogP contribution is -2.05. The van der Waals surface area contributed by atoms with Gasteiger partial charge in [0.25, 0.3) is 0 Å². The third-order valence-corrected chi connectivity index (χ3v) is 2.74. The van der Waals surface area contributed by atoms with Gasteiger partial charge in [0.15, 0.2) is 0 Å². The molecule has 0 amide bonds. The van der Waals surface area contributed by atoms with Gasteiger partial charge in [-0.3, -0.25) is 0 Å². The smallest absolute Gasteiger partial charge is 0.0574 e. The molecule has 0 heterocycles. The summed E-state index contributed by atoms with van der Waals surface area (Å²) >= 11 is 5.18. The summed E-state index contributed by atoms with van der Waals surface area (Å²) in [7, 11) is 0. The van der Waals surface area contributed by atoms with Crippen LogP contribution in [0.1, 0.15) is 0 Å². The predicted octanol–water partition coefficient (Wildman–Crippen LogP) is 2.81. The first-order valence-corrected chi connectivity index (χ1v) is 6.20. The molecule has 72 valence electrons. The molecule has 0 aliphatic rings. The first-order chi connectivity index (χ1) is 6.24. The molecule has 1 rings (SSSR count). The van der Waals surface area contributed by atoms with Gasteiger partial charge in [-0.15, -0.1) is 0 Å². The Morgan fingerprint density at radius 2 is 2.31 bits per heavy atom. The second-order valence-corrected chi connectivity index (χ2v) is 4.55. The highest BCUT2D eigenvalue weighted by Gasteiger charge is 1.97. The van der Waals surface area contributed by atoms with E-state index in [1.807, 2.05) is 30.0 Å². The third kappa shape index (κ3) is 3.48. The summed E-state index contributed by atoms with van der Waals surface area (Å²) in [5.41, 5.74) is 7.60. The van der Waals surface area contributed by atoms with E-state index in [0.717, 1.165) is 28.1 Å². The van der Waals surface area contributed by atoms with Gasteiger partial charge in [-0.2, -0.15) is 11.8 Å². The maximum atomic E-state index is 5.80. The van der Waals surface area contributed by atoms with Crippen LogP contribution in [0.15, 0.2) is 22.7 Å². The predicted molar refractivity (Wildman–Crippen MR) is 65.4 cm³/mol. The molecule has 0 aromatic heterocycles. The average molecular weight is 261 g/mol. The van der Waals surface area contributed by atoms with Crippen LogP contribution in [0, 0.1) is 0 Å².